The van der Waals surface area contributed by atoms with Crippen molar-refractivity contribution >= 4 is 39.2 Å². The predicted octanol–water partition coefficient (Wildman–Crippen LogP) is 3.46. The van der Waals surface area contributed by atoms with Crippen LogP contribution in [0.15, 0.2) is 21.4 Å². The fourth-order valence-electron chi connectivity index (χ4n) is 3.19. The van der Waals surface area contributed by atoms with Crippen LogP contribution in [0.2, 0.25) is 0 Å². The van der Waals surface area contributed by atoms with Crippen LogP contribution in [0.3, 0.4) is 0 Å². The van der Waals surface area contributed by atoms with Crippen LogP contribution < -0.4 is 5.56 Å². The molecule has 5 nitrogen and oxygen atoms in total. The SMILES string of the molecule is CC(C)Cn1c(SCC(=O)N2CCC[C@@H](C)C2)nc2ccsc2c1=O. The van der Waals surface area contributed by atoms with Crippen LogP contribution in [0, 0.1) is 11.8 Å². The highest BCUT2D eigenvalue weighted by Gasteiger charge is 2.22. The highest BCUT2D eigenvalue weighted by atomic mass is 32.2. The van der Waals surface area contributed by atoms with Crippen LogP contribution >= 0.6 is 23.1 Å². The van der Waals surface area contributed by atoms with Crippen LogP contribution in [-0.4, -0.2) is 39.2 Å². The molecule has 7 heteroatoms. The number of carbonyl (C=O) groups excluding carboxylic acids is 1. The molecule has 25 heavy (non-hydrogen) atoms. The molecule has 0 aliphatic carbocycles. The topological polar surface area (TPSA) is 55.2 Å². The maximum atomic E-state index is 12.8. The Morgan fingerprint density at radius 2 is 2.28 bits per heavy atom. The summed E-state index contributed by atoms with van der Waals surface area (Å²) in [4.78, 5) is 31.9. The van der Waals surface area contributed by atoms with E-state index < -0.39 is 0 Å². The van der Waals surface area contributed by atoms with Crippen LogP contribution in [0.4, 0.5) is 0 Å². The monoisotopic (exact) mass is 379 g/mol. The fraction of sp³-hybridized carbons (Fsp3) is 0.611. The first-order valence-electron chi connectivity index (χ1n) is 8.84. The third kappa shape index (κ3) is 4.26. The Morgan fingerprint density at radius 1 is 1.48 bits per heavy atom. The lowest BCUT2D eigenvalue weighted by Gasteiger charge is -2.30. The van der Waals surface area contributed by atoms with Gasteiger partial charge in [0.1, 0.15) is 4.70 Å². The lowest BCUT2D eigenvalue weighted by atomic mass is 10.0. The molecule has 1 aliphatic rings. The number of nitrogens with zero attached hydrogens (tertiary/aromatic N) is 3. The molecule has 3 heterocycles. The number of fused-ring (bicyclic) bond motifs is 1. The second kappa shape index (κ2) is 7.91. The molecule has 0 aromatic carbocycles. The van der Waals surface area contributed by atoms with Gasteiger partial charge in [0.15, 0.2) is 5.16 Å². The van der Waals surface area contributed by atoms with Gasteiger partial charge in [-0.1, -0.05) is 32.5 Å². The number of thiophene rings is 1. The molecule has 3 rings (SSSR count). The first-order chi connectivity index (χ1) is 12.0. The van der Waals surface area contributed by atoms with Crippen molar-refractivity contribution in [3.63, 3.8) is 0 Å². The van der Waals surface area contributed by atoms with Crippen molar-refractivity contribution in [3.05, 3.63) is 21.8 Å². The third-order valence-electron chi connectivity index (χ3n) is 4.41. The molecule has 0 N–H and O–H groups in total. The molecular formula is C18H25N3O2S2. The van der Waals surface area contributed by atoms with Crippen LogP contribution in [0.25, 0.3) is 10.2 Å². The van der Waals surface area contributed by atoms with Gasteiger partial charge in [-0.2, -0.15) is 0 Å². The van der Waals surface area contributed by atoms with Crippen molar-refractivity contribution in [2.75, 3.05) is 18.8 Å². The summed E-state index contributed by atoms with van der Waals surface area (Å²) in [6.45, 7) is 8.67. The molecule has 1 fully saturated rings. The third-order valence-corrected chi connectivity index (χ3v) is 6.27. The van der Waals surface area contributed by atoms with Gasteiger partial charge in [0.05, 0.1) is 11.3 Å². The summed E-state index contributed by atoms with van der Waals surface area (Å²) >= 11 is 2.82. The number of hydrogen-bond acceptors (Lipinski definition) is 5. The Hall–Kier alpha value is -1.34. The number of piperidine rings is 1. The molecule has 1 aliphatic heterocycles. The van der Waals surface area contributed by atoms with Crippen molar-refractivity contribution in [3.8, 4) is 0 Å². The minimum Gasteiger partial charge on any atom is -0.342 e. The molecule has 0 unspecified atom stereocenters. The Kier molecular flexibility index (Phi) is 5.84. The van der Waals surface area contributed by atoms with Crippen LogP contribution in [0.1, 0.15) is 33.6 Å². The first-order valence-corrected chi connectivity index (χ1v) is 10.7. The number of carbonyl (C=O) groups is 1. The Labute approximate surface area is 156 Å². The fourth-order valence-corrected chi connectivity index (χ4v) is 4.88. The zero-order valence-corrected chi connectivity index (χ0v) is 16.7. The number of aromatic nitrogens is 2. The Balaban J connectivity index is 1.80. The number of amides is 1. The molecule has 0 bridgehead atoms. The van der Waals surface area contributed by atoms with Crippen molar-refractivity contribution < 1.29 is 4.79 Å². The van der Waals surface area contributed by atoms with Gasteiger partial charge >= 0.3 is 0 Å². The van der Waals surface area contributed by atoms with E-state index in [1.54, 1.807) is 4.57 Å². The molecule has 0 spiro atoms. The molecule has 0 saturated carbocycles. The van der Waals surface area contributed by atoms with Gasteiger partial charge in [-0.3, -0.25) is 14.2 Å². The second-order valence-corrected chi connectivity index (χ2v) is 9.07. The molecule has 0 radical (unpaired) electrons. The lowest BCUT2D eigenvalue weighted by molar-refractivity contribution is -0.130. The van der Waals surface area contributed by atoms with Gasteiger partial charge in [-0.25, -0.2) is 4.98 Å². The molecule has 2 aromatic heterocycles. The molecule has 136 valence electrons. The van der Waals surface area contributed by atoms with E-state index in [1.165, 1.54) is 29.5 Å². The second-order valence-electron chi connectivity index (χ2n) is 7.21. The standard InChI is InChI=1S/C18H25N3O2S2/c1-12(2)9-21-17(23)16-14(6-8-24-16)19-18(21)25-11-15(22)20-7-4-5-13(3)10-20/h6,8,12-13H,4-5,7,9-11H2,1-3H3/t13-/m1/s1. The van der Waals surface area contributed by atoms with E-state index in [0.717, 1.165) is 25.0 Å². The summed E-state index contributed by atoms with van der Waals surface area (Å²) in [5.74, 6) is 1.40. The van der Waals surface area contributed by atoms with Gasteiger partial charge in [0.25, 0.3) is 5.56 Å². The molecular weight excluding hydrogens is 354 g/mol. The van der Waals surface area contributed by atoms with Gasteiger partial charge in [0.2, 0.25) is 5.91 Å². The largest absolute Gasteiger partial charge is 0.342 e. The van der Waals surface area contributed by atoms with Crippen molar-refractivity contribution in [2.24, 2.45) is 11.8 Å². The lowest BCUT2D eigenvalue weighted by Crippen LogP contribution is -2.40. The van der Waals surface area contributed by atoms with Crippen LogP contribution in [0.5, 0.6) is 0 Å². The number of rotatable bonds is 5. The van der Waals surface area contributed by atoms with Crippen molar-refractivity contribution in [1.29, 1.82) is 0 Å². The summed E-state index contributed by atoms with van der Waals surface area (Å²) in [5.41, 5.74) is 0.742. The maximum Gasteiger partial charge on any atom is 0.272 e. The molecule has 1 saturated heterocycles. The average molecular weight is 380 g/mol. The van der Waals surface area contributed by atoms with E-state index in [0.29, 0.717) is 34.0 Å². The number of hydrogen-bond donors (Lipinski definition) is 0. The van der Waals surface area contributed by atoms with E-state index >= 15 is 0 Å². The highest BCUT2D eigenvalue weighted by molar-refractivity contribution is 7.99. The average Bonchev–Trinajstić information content (AvgIpc) is 3.04. The van der Waals surface area contributed by atoms with Gasteiger partial charge in [0, 0.05) is 19.6 Å². The zero-order valence-electron chi connectivity index (χ0n) is 15.0. The van der Waals surface area contributed by atoms with Gasteiger partial charge in [-0.15, -0.1) is 11.3 Å². The van der Waals surface area contributed by atoms with Crippen LogP contribution in [-0.2, 0) is 11.3 Å². The molecule has 1 amide bonds. The van der Waals surface area contributed by atoms with Gasteiger partial charge in [-0.05, 0) is 36.1 Å². The summed E-state index contributed by atoms with van der Waals surface area (Å²) < 4.78 is 2.43. The molecule has 1 atom stereocenters. The number of thioether (sulfide) groups is 1. The summed E-state index contributed by atoms with van der Waals surface area (Å²) in [7, 11) is 0. The summed E-state index contributed by atoms with van der Waals surface area (Å²) in [6.07, 6.45) is 2.27. The first kappa shape index (κ1) is 18.5. The summed E-state index contributed by atoms with van der Waals surface area (Å²) in [6, 6.07) is 1.87. The van der Waals surface area contributed by atoms with E-state index in [1.807, 2.05) is 16.3 Å². The number of likely N-dealkylation sites (tertiary alicyclic amines) is 1. The molecule has 2 aromatic rings. The normalized spacial score (nSPS) is 18.2. The minimum absolute atomic E-state index is 0.00948. The van der Waals surface area contributed by atoms with Crippen molar-refractivity contribution in [2.45, 2.75) is 45.3 Å². The van der Waals surface area contributed by atoms with Gasteiger partial charge < -0.3 is 4.90 Å². The van der Waals surface area contributed by atoms with Crippen molar-refractivity contribution in [1.82, 2.24) is 14.5 Å². The van der Waals surface area contributed by atoms with E-state index in [2.05, 4.69) is 25.8 Å². The maximum absolute atomic E-state index is 12.8. The summed E-state index contributed by atoms with van der Waals surface area (Å²) in [5, 5.41) is 2.55. The zero-order chi connectivity index (χ0) is 18.0. The minimum atomic E-state index is 0.00948. The van der Waals surface area contributed by atoms with E-state index in [4.69, 9.17) is 0 Å². The Morgan fingerprint density at radius 3 is 3.00 bits per heavy atom. The van der Waals surface area contributed by atoms with E-state index in [9.17, 15) is 9.59 Å². The predicted molar refractivity (Wildman–Crippen MR) is 104 cm³/mol. The Bertz CT molecular complexity index is 812. The quantitative estimate of drug-likeness (QED) is 0.590. The smallest absolute Gasteiger partial charge is 0.272 e. The van der Waals surface area contributed by atoms with E-state index in [-0.39, 0.29) is 11.5 Å². The highest BCUT2D eigenvalue weighted by Crippen LogP contribution is 2.23.